The molecule has 0 fully saturated rings. The Bertz CT molecular complexity index is 1540. The van der Waals surface area contributed by atoms with Crippen LogP contribution in [0.25, 0.3) is 0 Å². The van der Waals surface area contributed by atoms with Crippen molar-refractivity contribution in [2.45, 2.75) is 213 Å². The highest BCUT2D eigenvalue weighted by Crippen LogP contribution is 2.13. The molecular formula is C62H96O6. The molecule has 0 rings (SSSR count). The second kappa shape index (κ2) is 54.9. The molecule has 380 valence electrons. The third kappa shape index (κ3) is 52.3. The van der Waals surface area contributed by atoms with E-state index in [0.29, 0.717) is 12.8 Å². The normalized spacial score (nSPS) is 13.3. The average Bonchev–Trinajstić information content (AvgIpc) is 3.34. The Morgan fingerprint density at radius 2 is 0.647 bits per heavy atom. The van der Waals surface area contributed by atoms with Crippen molar-refractivity contribution in [3.63, 3.8) is 0 Å². The van der Waals surface area contributed by atoms with Crippen LogP contribution in [-0.4, -0.2) is 37.2 Å². The van der Waals surface area contributed by atoms with Crippen LogP contribution >= 0.6 is 0 Å². The summed E-state index contributed by atoms with van der Waals surface area (Å²) in [6, 6.07) is 0. The maximum Gasteiger partial charge on any atom is 0.306 e. The predicted molar refractivity (Wildman–Crippen MR) is 292 cm³/mol. The van der Waals surface area contributed by atoms with Crippen molar-refractivity contribution >= 4 is 17.9 Å². The first kappa shape index (κ1) is 63.3. The van der Waals surface area contributed by atoms with Gasteiger partial charge in [0, 0.05) is 19.3 Å². The maximum absolute atomic E-state index is 12.8. The van der Waals surface area contributed by atoms with Crippen LogP contribution in [-0.2, 0) is 28.6 Å². The molecule has 0 spiro atoms. The number of unbranched alkanes of at least 4 members (excludes halogenated alkanes) is 17. The fraction of sp³-hybridized carbons (Fsp3) is 0.565. The van der Waals surface area contributed by atoms with Crippen molar-refractivity contribution in [3.8, 4) is 0 Å². The number of allylic oxidation sites excluding steroid dienone is 24. The molecule has 1 atom stereocenters. The smallest absolute Gasteiger partial charge is 0.306 e. The summed E-state index contributed by atoms with van der Waals surface area (Å²) in [6.45, 7) is 6.26. The SMILES string of the molecule is CC\C=C/C=C\C=C/C=C\CCCCCC(=O)OCC(COC(=O)CCCCCCCC/C=C\C/C=C\C/C=C\C/C=C\CC)OC(=O)CCCCCCC\C=C/C=C\C=C/C=C\CCCCC. The minimum absolute atomic E-state index is 0.115. The van der Waals surface area contributed by atoms with E-state index in [9.17, 15) is 14.4 Å². The summed E-state index contributed by atoms with van der Waals surface area (Å²) >= 11 is 0. The minimum atomic E-state index is -0.820. The van der Waals surface area contributed by atoms with Gasteiger partial charge in [-0.3, -0.25) is 14.4 Å². The maximum atomic E-state index is 12.8. The largest absolute Gasteiger partial charge is 0.462 e. The van der Waals surface area contributed by atoms with Gasteiger partial charge in [0.05, 0.1) is 0 Å². The number of carbonyl (C=O) groups is 3. The summed E-state index contributed by atoms with van der Waals surface area (Å²) in [5.74, 6) is -1.00. The summed E-state index contributed by atoms with van der Waals surface area (Å²) in [5, 5.41) is 0. The molecule has 68 heavy (non-hydrogen) atoms. The van der Waals surface area contributed by atoms with Gasteiger partial charge in [-0.05, 0) is 103 Å². The fourth-order valence-electron chi connectivity index (χ4n) is 6.75. The molecule has 6 heteroatoms. The Labute approximate surface area is 417 Å². The molecule has 1 unspecified atom stereocenters. The highest BCUT2D eigenvalue weighted by Gasteiger charge is 2.19. The summed E-state index contributed by atoms with van der Waals surface area (Å²) in [6.07, 6.45) is 78.2. The Morgan fingerprint density at radius 1 is 0.324 bits per heavy atom. The highest BCUT2D eigenvalue weighted by atomic mass is 16.6. The first-order valence-corrected chi connectivity index (χ1v) is 26.9. The van der Waals surface area contributed by atoms with E-state index in [1.165, 1.54) is 32.1 Å². The Morgan fingerprint density at radius 3 is 1.09 bits per heavy atom. The second-order valence-electron chi connectivity index (χ2n) is 17.2. The summed E-state index contributed by atoms with van der Waals surface area (Å²) in [5.41, 5.74) is 0. The highest BCUT2D eigenvalue weighted by molar-refractivity contribution is 5.71. The van der Waals surface area contributed by atoms with Gasteiger partial charge in [0.25, 0.3) is 0 Å². The van der Waals surface area contributed by atoms with Crippen molar-refractivity contribution in [3.05, 3.63) is 146 Å². The monoisotopic (exact) mass is 937 g/mol. The van der Waals surface area contributed by atoms with Crippen molar-refractivity contribution < 1.29 is 28.6 Å². The molecule has 0 bridgehead atoms. The van der Waals surface area contributed by atoms with Crippen LogP contribution in [0.2, 0.25) is 0 Å². The summed E-state index contributed by atoms with van der Waals surface area (Å²) in [7, 11) is 0. The molecule has 0 heterocycles. The van der Waals surface area contributed by atoms with E-state index < -0.39 is 6.10 Å². The van der Waals surface area contributed by atoms with E-state index in [-0.39, 0.29) is 37.5 Å². The number of ether oxygens (including phenoxy) is 3. The number of hydrogen-bond acceptors (Lipinski definition) is 6. The Hall–Kier alpha value is -4.71. The lowest BCUT2D eigenvalue weighted by atomic mass is 10.1. The Kier molecular flexibility index (Phi) is 51.1. The molecule has 0 aliphatic rings. The molecule has 0 aromatic heterocycles. The molecule has 0 N–H and O–H groups in total. The first-order valence-electron chi connectivity index (χ1n) is 26.9. The van der Waals surface area contributed by atoms with Gasteiger partial charge in [-0.1, -0.05) is 231 Å². The van der Waals surface area contributed by atoms with Crippen LogP contribution in [0.3, 0.4) is 0 Å². The molecule has 0 aliphatic heterocycles. The van der Waals surface area contributed by atoms with Crippen LogP contribution in [0.4, 0.5) is 0 Å². The van der Waals surface area contributed by atoms with Crippen molar-refractivity contribution in [1.29, 1.82) is 0 Å². The lowest BCUT2D eigenvalue weighted by Gasteiger charge is -2.18. The third-order valence-corrected chi connectivity index (χ3v) is 10.7. The van der Waals surface area contributed by atoms with E-state index in [2.05, 4.69) is 130 Å². The van der Waals surface area contributed by atoms with E-state index in [4.69, 9.17) is 14.2 Å². The van der Waals surface area contributed by atoms with Crippen LogP contribution in [0, 0.1) is 0 Å². The number of hydrogen-bond donors (Lipinski definition) is 0. The lowest BCUT2D eigenvalue weighted by Crippen LogP contribution is -2.30. The third-order valence-electron chi connectivity index (χ3n) is 10.7. The molecule has 0 saturated heterocycles. The summed E-state index contributed by atoms with van der Waals surface area (Å²) in [4.78, 5) is 38.1. The average molecular weight is 937 g/mol. The molecule has 0 aromatic rings. The van der Waals surface area contributed by atoms with Gasteiger partial charge in [0.15, 0.2) is 6.10 Å². The standard InChI is InChI=1S/C62H96O6/c1-4-7-10-13-16-19-22-25-27-29-31-33-34-37-40-43-46-49-52-55-61(64)67-58-59(57-66-60(63)54-51-48-45-42-39-36-24-21-18-15-12-9-6-3)68-62(65)56-53-50-47-44-41-38-35-32-30-28-26-23-20-17-14-11-8-5-2/h7,9-10,12,15-21,23-28,30-33,35-36,39,59H,4-6,8,11,13-14,22,29,34,37-38,40-58H2,1-3H3/b10-7-,12-9-,18-15-,19-16-,20-17-,24-21-,26-23-,27-25-,30-28-,33-31-,35-32-,39-36-. The van der Waals surface area contributed by atoms with E-state index in [1.54, 1.807) is 0 Å². The van der Waals surface area contributed by atoms with Crippen molar-refractivity contribution in [1.82, 2.24) is 0 Å². The van der Waals surface area contributed by atoms with Gasteiger partial charge in [-0.2, -0.15) is 0 Å². The van der Waals surface area contributed by atoms with Crippen molar-refractivity contribution in [2.24, 2.45) is 0 Å². The van der Waals surface area contributed by atoms with Gasteiger partial charge in [-0.15, -0.1) is 0 Å². The van der Waals surface area contributed by atoms with Crippen LogP contribution in [0.15, 0.2) is 146 Å². The molecule has 0 amide bonds. The number of carbonyl (C=O) groups excluding carboxylic acids is 3. The molecular weight excluding hydrogens is 841 g/mol. The molecule has 0 saturated carbocycles. The molecule has 6 nitrogen and oxygen atoms in total. The molecule has 0 aliphatic carbocycles. The van der Waals surface area contributed by atoms with E-state index in [0.717, 1.165) is 135 Å². The predicted octanol–water partition coefficient (Wildman–Crippen LogP) is 18.0. The molecule has 0 radical (unpaired) electrons. The van der Waals surface area contributed by atoms with Gasteiger partial charge < -0.3 is 14.2 Å². The number of rotatable bonds is 46. The molecule has 0 aromatic carbocycles. The van der Waals surface area contributed by atoms with Gasteiger partial charge >= 0.3 is 17.9 Å². The van der Waals surface area contributed by atoms with Gasteiger partial charge in [0.2, 0.25) is 0 Å². The van der Waals surface area contributed by atoms with Crippen LogP contribution in [0.5, 0.6) is 0 Å². The van der Waals surface area contributed by atoms with E-state index >= 15 is 0 Å². The fourth-order valence-corrected chi connectivity index (χ4v) is 6.75. The Balaban J connectivity index is 4.54. The minimum Gasteiger partial charge on any atom is -0.462 e. The lowest BCUT2D eigenvalue weighted by molar-refractivity contribution is -0.167. The zero-order chi connectivity index (χ0) is 49.3. The zero-order valence-corrected chi connectivity index (χ0v) is 43.3. The number of esters is 3. The van der Waals surface area contributed by atoms with Gasteiger partial charge in [-0.25, -0.2) is 0 Å². The quantitative estimate of drug-likeness (QED) is 0.0199. The van der Waals surface area contributed by atoms with Gasteiger partial charge in [0.1, 0.15) is 13.2 Å². The first-order chi connectivity index (χ1) is 33.5. The second-order valence-corrected chi connectivity index (χ2v) is 17.2. The van der Waals surface area contributed by atoms with Crippen LogP contribution < -0.4 is 0 Å². The topological polar surface area (TPSA) is 78.9 Å². The zero-order valence-electron chi connectivity index (χ0n) is 43.3. The van der Waals surface area contributed by atoms with Crippen molar-refractivity contribution in [2.75, 3.05) is 13.2 Å². The van der Waals surface area contributed by atoms with Crippen LogP contribution in [0.1, 0.15) is 207 Å². The van der Waals surface area contributed by atoms with E-state index in [1.807, 2.05) is 36.5 Å². The summed E-state index contributed by atoms with van der Waals surface area (Å²) < 4.78 is 16.8.